The van der Waals surface area contributed by atoms with Crippen LogP contribution in [0.4, 0.5) is 10.3 Å². The molecule has 1 saturated heterocycles. The maximum Gasteiger partial charge on any atom is 0.252 e. The topological polar surface area (TPSA) is 58.1 Å². The van der Waals surface area contributed by atoms with Crippen molar-refractivity contribution in [2.75, 3.05) is 24.5 Å². The molecular formula is C17H18BrFN4O. The molecule has 0 saturated carbocycles. The van der Waals surface area contributed by atoms with Crippen molar-refractivity contribution in [2.24, 2.45) is 5.92 Å². The summed E-state index contributed by atoms with van der Waals surface area (Å²) in [6, 6.07) is 7.39. The van der Waals surface area contributed by atoms with E-state index in [0.29, 0.717) is 24.0 Å². The molecule has 0 aliphatic carbocycles. The highest BCUT2D eigenvalue weighted by atomic mass is 79.9. The molecular weight excluding hydrogens is 375 g/mol. The van der Waals surface area contributed by atoms with E-state index in [1.54, 1.807) is 6.07 Å². The number of anilines is 1. The number of benzene rings is 1. The van der Waals surface area contributed by atoms with E-state index in [9.17, 15) is 9.18 Å². The lowest BCUT2D eigenvalue weighted by molar-refractivity contribution is 0.0944. The number of carbonyl (C=O) groups is 1. The van der Waals surface area contributed by atoms with Crippen LogP contribution >= 0.6 is 15.9 Å². The first kappa shape index (κ1) is 16.8. The van der Waals surface area contributed by atoms with Gasteiger partial charge in [0.2, 0.25) is 5.95 Å². The SMILES string of the molecule is O=C(NCC1CCN(c2ncc(F)cn2)CC1)c1ccccc1Br. The third kappa shape index (κ3) is 4.08. The van der Waals surface area contributed by atoms with Gasteiger partial charge in [-0.05, 0) is 46.8 Å². The van der Waals surface area contributed by atoms with E-state index in [4.69, 9.17) is 0 Å². The van der Waals surface area contributed by atoms with Crippen LogP contribution in [-0.4, -0.2) is 35.5 Å². The van der Waals surface area contributed by atoms with Gasteiger partial charge >= 0.3 is 0 Å². The monoisotopic (exact) mass is 392 g/mol. The first-order chi connectivity index (χ1) is 11.6. The lowest BCUT2D eigenvalue weighted by Crippen LogP contribution is -2.39. The zero-order valence-corrected chi connectivity index (χ0v) is 14.7. The van der Waals surface area contributed by atoms with Crippen molar-refractivity contribution in [1.82, 2.24) is 15.3 Å². The minimum atomic E-state index is -0.427. The summed E-state index contributed by atoms with van der Waals surface area (Å²) >= 11 is 3.39. The molecule has 5 nitrogen and oxygen atoms in total. The highest BCUT2D eigenvalue weighted by Gasteiger charge is 2.21. The van der Waals surface area contributed by atoms with Gasteiger partial charge in [0, 0.05) is 24.1 Å². The molecule has 1 aliphatic rings. The molecule has 1 amide bonds. The summed E-state index contributed by atoms with van der Waals surface area (Å²) in [5.41, 5.74) is 0.648. The van der Waals surface area contributed by atoms with Crippen LogP contribution in [-0.2, 0) is 0 Å². The highest BCUT2D eigenvalue weighted by molar-refractivity contribution is 9.10. The predicted molar refractivity (Wildman–Crippen MR) is 93.4 cm³/mol. The number of piperidine rings is 1. The van der Waals surface area contributed by atoms with Crippen molar-refractivity contribution in [3.05, 3.63) is 52.5 Å². The van der Waals surface area contributed by atoms with E-state index >= 15 is 0 Å². The number of rotatable bonds is 4. The fourth-order valence-electron chi connectivity index (χ4n) is 2.78. The minimum Gasteiger partial charge on any atom is -0.352 e. The van der Waals surface area contributed by atoms with Crippen LogP contribution < -0.4 is 10.2 Å². The number of aromatic nitrogens is 2. The molecule has 1 aromatic carbocycles. The number of amides is 1. The van der Waals surface area contributed by atoms with Crippen molar-refractivity contribution >= 4 is 27.8 Å². The Morgan fingerprint density at radius 2 is 1.92 bits per heavy atom. The van der Waals surface area contributed by atoms with Crippen molar-refractivity contribution in [3.63, 3.8) is 0 Å². The third-order valence-electron chi connectivity index (χ3n) is 4.17. The molecule has 2 heterocycles. The minimum absolute atomic E-state index is 0.0632. The maximum atomic E-state index is 12.9. The van der Waals surface area contributed by atoms with Crippen LogP contribution in [0.5, 0.6) is 0 Å². The molecule has 0 atom stereocenters. The summed E-state index contributed by atoms with van der Waals surface area (Å²) < 4.78 is 13.7. The van der Waals surface area contributed by atoms with Gasteiger partial charge in [-0.2, -0.15) is 0 Å². The number of nitrogens with one attached hydrogen (secondary N) is 1. The van der Waals surface area contributed by atoms with Crippen molar-refractivity contribution < 1.29 is 9.18 Å². The summed E-state index contributed by atoms with van der Waals surface area (Å²) in [5, 5.41) is 3.00. The molecule has 0 bridgehead atoms. The van der Waals surface area contributed by atoms with Crippen molar-refractivity contribution in [2.45, 2.75) is 12.8 Å². The molecule has 1 fully saturated rings. The lowest BCUT2D eigenvalue weighted by Gasteiger charge is -2.32. The van der Waals surface area contributed by atoms with E-state index in [1.807, 2.05) is 23.1 Å². The fourth-order valence-corrected chi connectivity index (χ4v) is 3.25. The fraction of sp³-hybridized carbons (Fsp3) is 0.353. The number of hydrogen-bond donors (Lipinski definition) is 1. The van der Waals surface area contributed by atoms with E-state index in [0.717, 1.165) is 30.4 Å². The lowest BCUT2D eigenvalue weighted by atomic mass is 9.97. The summed E-state index contributed by atoms with van der Waals surface area (Å²) in [6.45, 7) is 2.26. The molecule has 0 radical (unpaired) electrons. The molecule has 1 aliphatic heterocycles. The molecule has 2 aromatic rings. The van der Waals surface area contributed by atoms with Gasteiger partial charge in [-0.25, -0.2) is 14.4 Å². The summed E-state index contributed by atoms with van der Waals surface area (Å²) in [5.74, 6) is 0.496. The van der Waals surface area contributed by atoms with Gasteiger partial charge in [-0.3, -0.25) is 4.79 Å². The predicted octanol–water partition coefficient (Wildman–Crippen LogP) is 3.02. The van der Waals surface area contributed by atoms with Crippen LogP contribution in [0, 0.1) is 11.7 Å². The van der Waals surface area contributed by atoms with Crippen LogP contribution in [0.1, 0.15) is 23.2 Å². The molecule has 0 unspecified atom stereocenters. The Balaban J connectivity index is 1.48. The number of nitrogens with zero attached hydrogens (tertiary/aromatic N) is 3. The zero-order valence-electron chi connectivity index (χ0n) is 13.1. The third-order valence-corrected chi connectivity index (χ3v) is 4.87. The van der Waals surface area contributed by atoms with Gasteiger partial charge in [-0.15, -0.1) is 0 Å². The summed E-state index contributed by atoms with van der Waals surface area (Å²) in [7, 11) is 0. The van der Waals surface area contributed by atoms with E-state index in [1.165, 1.54) is 12.4 Å². The van der Waals surface area contributed by atoms with Gasteiger partial charge in [0.05, 0.1) is 18.0 Å². The Bertz CT molecular complexity index is 702. The standard InChI is InChI=1S/C17H18BrFN4O/c18-15-4-2-1-3-14(15)16(24)20-9-12-5-7-23(8-6-12)17-21-10-13(19)11-22-17/h1-4,10-12H,5-9H2,(H,20,24). The Kier molecular flexibility index (Phi) is 5.40. The van der Waals surface area contributed by atoms with Crippen LogP contribution in [0.15, 0.2) is 41.1 Å². The second-order valence-electron chi connectivity index (χ2n) is 5.82. The van der Waals surface area contributed by atoms with Crippen LogP contribution in [0.2, 0.25) is 0 Å². The van der Waals surface area contributed by atoms with Crippen LogP contribution in [0.3, 0.4) is 0 Å². The Morgan fingerprint density at radius 1 is 1.25 bits per heavy atom. The van der Waals surface area contributed by atoms with Gasteiger partial charge < -0.3 is 10.2 Å². The molecule has 126 valence electrons. The first-order valence-electron chi connectivity index (χ1n) is 7.88. The molecule has 0 spiro atoms. The van der Waals surface area contributed by atoms with E-state index in [2.05, 4.69) is 31.2 Å². The highest BCUT2D eigenvalue weighted by Crippen LogP contribution is 2.20. The Labute approximate surface area is 148 Å². The number of halogens is 2. The largest absolute Gasteiger partial charge is 0.352 e. The van der Waals surface area contributed by atoms with E-state index < -0.39 is 5.82 Å². The second kappa shape index (κ2) is 7.70. The van der Waals surface area contributed by atoms with Gasteiger partial charge in [0.25, 0.3) is 5.91 Å². The first-order valence-corrected chi connectivity index (χ1v) is 8.68. The normalized spacial score (nSPS) is 15.3. The average molecular weight is 393 g/mol. The van der Waals surface area contributed by atoms with Crippen molar-refractivity contribution in [1.29, 1.82) is 0 Å². The number of carbonyl (C=O) groups excluding carboxylic acids is 1. The molecule has 1 aromatic heterocycles. The maximum absolute atomic E-state index is 12.9. The second-order valence-corrected chi connectivity index (χ2v) is 6.68. The van der Waals surface area contributed by atoms with Gasteiger partial charge in [0.1, 0.15) is 0 Å². The summed E-state index contributed by atoms with van der Waals surface area (Å²) in [4.78, 5) is 22.3. The van der Waals surface area contributed by atoms with Crippen molar-refractivity contribution in [3.8, 4) is 0 Å². The molecule has 7 heteroatoms. The number of hydrogen-bond acceptors (Lipinski definition) is 4. The average Bonchev–Trinajstić information content (AvgIpc) is 2.61. The Hall–Kier alpha value is -2.02. The van der Waals surface area contributed by atoms with Gasteiger partial charge in [0.15, 0.2) is 5.82 Å². The molecule has 24 heavy (non-hydrogen) atoms. The van der Waals surface area contributed by atoms with E-state index in [-0.39, 0.29) is 5.91 Å². The zero-order chi connectivity index (χ0) is 16.9. The smallest absolute Gasteiger partial charge is 0.252 e. The van der Waals surface area contributed by atoms with Gasteiger partial charge in [-0.1, -0.05) is 12.1 Å². The van der Waals surface area contributed by atoms with Crippen LogP contribution in [0.25, 0.3) is 0 Å². The quantitative estimate of drug-likeness (QED) is 0.868. The molecule has 3 rings (SSSR count). The Morgan fingerprint density at radius 3 is 2.58 bits per heavy atom. The summed E-state index contributed by atoms with van der Waals surface area (Å²) in [6.07, 6.45) is 4.26. The molecule has 1 N–H and O–H groups in total.